The summed E-state index contributed by atoms with van der Waals surface area (Å²) in [6, 6.07) is 0.296. The molecule has 0 bridgehead atoms. The number of nitrogens with zero attached hydrogens (tertiary/aromatic N) is 2. The molecule has 88 valence electrons. The van der Waals surface area contributed by atoms with E-state index in [0.717, 1.165) is 39.0 Å². The van der Waals surface area contributed by atoms with Crippen molar-refractivity contribution in [3.05, 3.63) is 17.7 Å². The van der Waals surface area contributed by atoms with Crippen LogP contribution in [0.1, 0.15) is 36.7 Å². The zero-order valence-electron chi connectivity index (χ0n) is 9.56. The molecule has 1 aromatic rings. The maximum Gasteiger partial charge on any atom is 0.114 e. The SMILES string of the molecule is NC1CCc2cnc(C3CCCOC3)n2C1. The van der Waals surface area contributed by atoms with Gasteiger partial charge in [0.05, 0.1) is 6.61 Å². The van der Waals surface area contributed by atoms with Gasteiger partial charge in [-0.05, 0) is 25.7 Å². The average Bonchev–Trinajstić information content (AvgIpc) is 2.73. The normalized spacial score (nSPS) is 30.1. The lowest BCUT2D eigenvalue weighted by Gasteiger charge is -2.27. The van der Waals surface area contributed by atoms with Crippen LogP contribution in [0.3, 0.4) is 0 Å². The van der Waals surface area contributed by atoms with Crippen molar-refractivity contribution in [1.82, 2.24) is 9.55 Å². The first-order valence-electron chi connectivity index (χ1n) is 6.22. The quantitative estimate of drug-likeness (QED) is 0.771. The first kappa shape index (κ1) is 10.3. The molecule has 4 nitrogen and oxygen atoms in total. The minimum absolute atomic E-state index is 0.296. The number of ether oxygens (including phenoxy) is 1. The lowest BCUT2D eigenvalue weighted by atomic mass is 10.00. The Morgan fingerprint density at radius 2 is 2.38 bits per heavy atom. The van der Waals surface area contributed by atoms with Gasteiger partial charge in [0.2, 0.25) is 0 Å². The summed E-state index contributed by atoms with van der Waals surface area (Å²) in [6.45, 7) is 2.66. The number of hydrogen-bond acceptors (Lipinski definition) is 3. The largest absolute Gasteiger partial charge is 0.381 e. The highest BCUT2D eigenvalue weighted by Crippen LogP contribution is 2.27. The predicted octanol–water partition coefficient (Wildman–Crippen LogP) is 1.05. The van der Waals surface area contributed by atoms with Gasteiger partial charge in [-0.15, -0.1) is 0 Å². The fourth-order valence-corrected chi connectivity index (χ4v) is 2.77. The number of nitrogens with two attached hydrogens (primary N) is 1. The Balaban J connectivity index is 1.86. The Kier molecular flexibility index (Phi) is 2.69. The van der Waals surface area contributed by atoms with Crippen LogP contribution >= 0.6 is 0 Å². The van der Waals surface area contributed by atoms with E-state index < -0.39 is 0 Å². The lowest BCUT2D eigenvalue weighted by molar-refractivity contribution is 0.0767. The number of imidazole rings is 1. The van der Waals surface area contributed by atoms with E-state index in [4.69, 9.17) is 10.5 Å². The first-order chi connectivity index (χ1) is 7.84. The molecule has 4 heteroatoms. The Morgan fingerprint density at radius 3 is 3.19 bits per heavy atom. The number of aromatic nitrogens is 2. The van der Waals surface area contributed by atoms with E-state index >= 15 is 0 Å². The number of aryl methyl sites for hydroxylation is 1. The Hall–Kier alpha value is -0.870. The maximum atomic E-state index is 6.03. The lowest BCUT2D eigenvalue weighted by Crippen LogP contribution is -2.33. The number of hydrogen-bond donors (Lipinski definition) is 1. The standard InChI is InChI=1S/C12H19N3O/c13-10-3-4-11-6-14-12(15(11)7-10)9-2-1-5-16-8-9/h6,9-10H,1-5,7-8,13H2. The molecule has 0 saturated carbocycles. The summed E-state index contributed by atoms with van der Waals surface area (Å²) in [6.07, 6.45) is 6.54. The molecule has 0 amide bonds. The molecule has 2 atom stereocenters. The fourth-order valence-electron chi connectivity index (χ4n) is 2.77. The predicted molar refractivity (Wildman–Crippen MR) is 61.3 cm³/mol. The number of fused-ring (bicyclic) bond motifs is 1. The molecule has 0 spiro atoms. The third-order valence-electron chi connectivity index (χ3n) is 3.68. The zero-order valence-corrected chi connectivity index (χ0v) is 9.56. The second-order valence-corrected chi connectivity index (χ2v) is 4.93. The van der Waals surface area contributed by atoms with Gasteiger partial charge >= 0.3 is 0 Å². The van der Waals surface area contributed by atoms with Gasteiger partial charge in [0.1, 0.15) is 5.82 Å². The van der Waals surface area contributed by atoms with Crippen LogP contribution in [0.25, 0.3) is 0 Å². The zero-order chi connectivity index (χ0) is 11.0. The highest BCUT2D eigenvalue weighted by atomic mass is 16.5. The maximum absolute atomic E-state index is 6.03. The van der Waals surface area contributed by atoms with Gasteiger partial charge in [0.15, 0.2) is 0 Å². The van der Waals surface area contributed by atoms with Crippen molar-refractivity contribution < 1.29 is 4.74 Å². The molecule has 0 aliphatic carbocycles. The van der Waals surface area contributed by atoms with Gasteiger partial charge in [-0.25, -0.2) is 4.98 Å². The van der Waals surface area contributed by atoms with Crippen LogP contribution in [0.5, 0.6) is 0 Å². The van der Waals surface area contributed by atoms with E-state index in [0.29, 0.717) is 12.0 Å². The van der Waals surface area contributed by atoms with Crippen molar-refractivity contribution in [2.45, 2.75) is 44.2 Å². The van der Waals surface area contributed by atoms with Crippen molar-refractivity contribution in [3.63, 3.8) is 0 Å². The van der Waals surface area contributed by atoms with Gasteiger partial charge < -0.3 is 15.0 Å². The highest BCUT2D eigenvalue weighted by Gasteiger charge is 2.25. The second kappa shape index (κ2) is 4.18. The molecule has 1 fully saturated rings. The van der Waals surface area contributed by atoms with E-state index in [2.05, 4.69) is 9.55 Å². The van der Waals surface area contributed by atoms with Crippen molar-refractivity contribution in [2.24, 2.45) is 5.73 Å². The van der Waals surface area contributed by atoms with Crippen LogP contribution in [0.2, 0.25) is 0 Å². The minimum Gasteiger partial charge on any atom is -0.381 e. The smallest absolute Gasteiger partial charge is 0.114 e. The molecule has 2 unspecified atom stereocenters. The van der Waals surface area contributed by atoms with E-state index in [1.165, 1.54) is 17.9 Å². The highest BCUT2D eigenvalue weighted by molar-refractivity contribution is 5.13. The van der Waals surface area contributed by atoms with E-state index in [1.54, 1.807) is 0 Å². The number of rotatable bonds is 1. The summed E-state index contributed by atoms with van der Waals surface area (Å²) in [5.41, 5.74) is 7.38. The molecule has 16 heavy (non-hydrogen) atoms. The third-order valence-corrected chi connectivity index (χ3v) is 3.68. The third kappa shape index (κ3) is 1.76. The van der Waals surface area contributed by atoms with Crippen LogP contribution in [-0.4, -0.2) is 28.8 Å². The van der Waals surface area contributed by atoms with Crippen molar-refractivity contribution in [3.8, 4) is 0 Å². The van der Waals surface area contributed by atoms with Crippen LogP contribution in [-0.2, 0) is 17.7 Å². The Morgan fingerprint density at radius 1 is 1.44 bits per heavy atom. The van der Waals surface area contributed by atoms with Gasteiger partial charge in [-0.1, -0.05) is 0 Å². The molecular weight excluding hydrogens is 202 g/mol. The van der Waals surface area contributed by atoms with E-state index in [1.807, 2.05) is 6.20 Å². The molecule has 2 N–H and O–H groups in total. The van der Waals surface area contributed by atoms with Gasteiger partial charge in [0, 0.05) is 37.0 Å². The fraction of sp³-hybridized carbons (Fsp3) is 0.750. The summed E-state index contributed by atoms with van der Waals surface area (Å²) in [5.74, 6) is 1.68. The second-order valence-electron chi connectivity index (χ2n) is 4.93. The van der Waals surface area contributed by atoms with Crippen LogP contribution < -0.4 is 5.73 Å². The Labute approximate surface area is 95.8 Å². The van der Waals surface area contributed by atoms with Crippen molar-refractivity contribution in [2.75, 3.05) is 13.2 Å². The molecule has 0 aromatic carbocycles. The molecule has 2 aliphatic heterocycles. The summed E-state index contributed by atoms with van der Waals surface area (Å²) in [5, 5.41) is 0. The molecule has 3 heterocycles. The summed E-state index contributed by atoms with van der Waals surface area (Å²) in [4.78, 5) is 4.58. The average molecular weight is 221 g/mol. The molecule has 1 saturated heterocycles. The summed E-state index contributed by atoms with van der Waals surface area (Å²) >= 11 is 0. The van der Waals surface area contributed by atoms with Crippen LogP contribution in [0.15, 0.2) is 6.20 Å². The molecule has 0 radical (unpaired) electrons. The van der Waals surface area contributed by atoms with Crippen LogP contribution in [0, 0.1) is 0 Å². The van der Waals surface area contributed by atoms with Crippen LogP contribution in [0.4, 0.5) is 0 Å². The monoisotopic (exact) mass is 221 g/mol. The van der Waals surface area contributed by atoms with Gasteiger partial charge in [-0.3, -0.25) is 0 Å². The minimum atomic E-state index is 0.296. The van der Waals surface area contributed by atoms with Gasteiger partial charge in [0.25, 0.3) is 0 Å². The summed E-state index contributed by atoms with van der Waals surface area (Å²) < 4.78 is 7.87. The molecule has 3 rings (SSSR count). The van der Waals surface area contributed by atoms with Gasteiger partial charge in [-0.2, -0.15) is 0 Å². The summed E-state index contributed by atoms with van der Waals surface area (Å²) in [7, 11) is 0. The Bertz CT molecular complexity index is 368. The van der Waals surface area contributed by atoms with Crippen molar-refractivity contribution >= 4 is 0 Å². The molecule has 1 aromatic heterocycles. The van der Waals surface area contributed by atoms with E-state index in [-0.39, 0.29) is 0 Å². The molecular formula is C12H19N3O. The van der Waals surface area contributed by atoms with E-state index in [9.17, 15) is 0 Å². The topological polar surface area (TPSA) is 53.1 Å². The van der Waals surface area contributed by atoms with Crippen molar-refractivity contribution in [1.29, 1.82) is 0 Å². The first-order valence-corrected chi connectivity index (χ1v) is 6.22. The molecule has 2 aliphatic rings.